The number of aliphatic hydroxyl groups is 2. The van der Waals surface area contributed by atoms with Gasteiger partial charge in [-0.15, -0.1) is 0 Å². The molecule has 0 aromatic heterocycles. The maximum Gasteiger partial charge on any atom is 0.329 e. The molecule has 0 amide bonds. The Bertz CT molecular complexity index is 510. The number of carbonyl (C=O) groups excluding carboxylic acids is 1. The first kappa shape index (κ1) is 22.3. The topological polar surface area (TPSA) is 101 Å². The molecule has 2 fully saturated rings. The fourth-order valence-electron chi connectivity index (χ4n) is 1.65. The van der Waals surface area contributed by atoms with E-state index >= 15 is 0 Å². The Balaban J connectivity index is 0.000000204. The molecule has 2 unspecified atom stereocenters. The Hall–Kier alpha value is -1.77. The molecule has 0 bridgehead atoms. The van der Waals surface area contributed by atoms with Crippen molar-refractivity contribution in [3.05, 3.63) is 48.6 Å². The van der Waals surface area contributed by atoms with Gasteiger partial charge >= 0.3 is 5.97 Å². The number of esters is 1. The minimum absolute atomic E-state index is 0.303. The first-order valence-electron chi connectivity index (χ1n) is 8.44. The van der Waals surface area contributed by atoms with E-state index < -0.39 is 11.8 Å². The Morgan fingerprint density at radius 3 is 2.04 bits per heavy atom. The number of methoxy groups -OCH3 is 1. The molecular weight excluding hydrogens is 340 g/mol. The Morgan fingerprint density at radius 1 is 1.23 bits per heavy atom. The van der Waals surface area contributed by atoms with Crippen LogP contribution < -0.4 is 0 Å². The van der Waals surface area contributed by atoms with Crippen molar-refractivity contribution < 1.29 is 34.0 Å². The fourth-order valence-corrected chi connectivity index (χ4v) is 1.65. The summed E-state index contributed by atoms with van der Waals surface area (Å²) in [7, 11) is 1.31. The molecule has 0 radical (unpaired) electrons. The highest BCUT2D eigenvalue weighted by Gasteiger charge is 2.26. The normalized spacial score (nSPS) is 19.8. The molecule has 1 aromatic rings. The lowest BCUT2D eigenvalue weighted by molar-refractivity contribution is -0.171. The van der Waals surface area contributed by atoms with Gasteiger partial charge in [0.25, 0.3) is 0 Å². The SMILES string of the molecule is C(OCC1CO1)C1CO1.C=CC(=O)OC.CCC(O)(O)c1ccccc1. The molecule has 1 aromatic carbocycles. The van der Waals surface area contributed by atoms with Crippen LogP contribution in [0.1, 0.15) is 18.9 Å². The van der Waals surface area contributed by atoms with Crippen LogP contribution in [0.25, 0.3) is 0 Å². The molecule has 0 saturated carbocycles. The van der Waals surface area contributed by atoms with Crippen molar-refractivity contribution in [1.82, 2.24) is 0 Å². The maximum absolute atomic E-state index is 9.84. The minimum atomic E-state index is -1.67. The Morgan fingerprint density at radius 2 is 1.73 bits per heavy atom. The van der Waals surface area contributed by atoms with E-state index in [1.807, 2.05) is 6.07 Å². The van der Waals surface area contributed by atoms with Crippen molar-refractivity contribution in [2.24, 2.45) is 0 Å². The molecule has 2 aliphatic heterocycles. The Kier molecular flexibility index (Phi) is 10.1. The summed E-state index contributed by atoms with van der Waals surface area (Å²) in [4.78, 5) is 9.84. The van der Waals surface area contributed by atoms with E-state index in [9.17, 15) is 15.0 Å². The van der Waals surface area contributed by atoms with Gasteiger partial charge in [-0.05, 0) is 0 Å². The predicted molar refractivity (Wildman–Crippen MR) is 95.4 cm³/mol. The molecule has 2 heterocycles. The lowest BCUT2D eigenvalue weighted by Crippen LogP contribution is -2.23. The first-order valence-corrected chi connectivity index (χ1v) is 8.44. The van der Waals surface area contributed by atoms with Crippen LogP contribution in [0.3, 0.4) is 0 Å². The second-order valence-corrected chi connectivity index (χ2v) is 5.71. The van der Waals surface area contributed by atoms with Crippen molar-refractivity contribution in [2.75, 3.05) is 33.5 Å². The van der Waals surface area contributed by atoms with Crippen LogP contribution in [-0.4, -0.2) is 61.9 Å². The van der Waals surface area contributed by atoms with Gasteiger partial charge in [0.2, 0.25) is 0 Å². The standard InChI is InChI=1S/C9H12O2.C6H10O3.C4H6O2/c1-2-9(10,11)8-6-4-3-5-7-8;1(5-3-8-5)7-2-6-4-9-6;1-3-4(5)6-2/h3-7,10-11H,2H2,1H3;5-6H,1-4H2;3H,1H2,2H3. The quantitative estimate of drug-likeness (QED) is 0.324. The van der Waals surface area contributed by atoms with Gasteiger partial charge in [0, 0.05) is 18.1 Å². The van der Waals surface area contributed by atoms with Gasteiger partial charge in [-0.2, -0.15) is 0 Å². The van der Waals surface area contributed by atoms with Crippen LogP contribution in [0.2, 0.25) is 0 Å². The minimum Gasteiger partial charge on any atom is -0.466 e. The number of hydrogen-bond acceptors (Lipinski definition) is 7. The van der Waals surface area contributed by atoms with E-state index in [4.69, 9.17) is 14.2 Å². The van der Waals surface area contributed by atoms with Crippen LogP contribution in [0.5, 0.6) is 0 Å². The van der Waals surface area contributed by atoms with Gasteiger partial charge in [-0.3, -0.25) is 0 Å². The first-order chi connectivity index (χ1) is 12.4. The monoisotopic (exact) mass is 368 g/mol. The van der Waals surface area contributed by atoms with Gasteiger partial charge in [0.05, 0.1) is 33.5 Å². The molecule has 2 atom stereocenters. The fraction of sp³-hybridized carbons (Fsp3) is 0.526. The van der Waals surface area contributed by atoms with E-state index in [1.54, 1.807) is 31.2 Å². The highest BCUT2D eigenvalue weighted by atomic mass is 16.6. The van der Waals surface area contributed by atoms with E-state index in [-0.39, 0.29) is 0 Å². The highest BCUT2D eigenvalue weighted by Crippen LogP contribution is 2.20. The van der Waals surface area contributed by atoms with Gasteiger partial charge in [0.1, 0.15) is 12.2 Å². The summed E-state index contributed by atoms with van der Waals surface area (Å²) in [6.45, 7) is 8.15. The molecule has 26 heavy (non-hydrogen) atoms. The lowest BCUT2D eigenvalue weighted by atomic mass is 10.0. The number of benzene rings is 1. The van der Waals surface area contributed by atoms with Crippen molar-refractivity contribution in [1.29, 1.82) is 0 Å². The molecule has 0 spiro atoms. The van der Waals surface area contributed by atoms with Crippen molar-refractivity contribution >= 4 is 5.97 Å². The zero-order valence-corrected chi connectivity index (χ0v) is 15.3. The third-order valence-corrected chi connectivity index (χ3v) is 3.51. The van der Waals surface area contributed by atoms with E-state index in [0.717, 1.165) is 32.5 Å². The molecule has 2 aliphatic rings. The summed E-state index contributed by atoms with van der Waals surface area (Å²) in [6.07, 6.45) is 2.20. The Labute approximate surface area is 154 Å². The summed E-state index contributed by atoms with van der Waals surface area (Å²) in [5.41, 5.74) is 0.544. The average Bonchev–Trinajstić information content (AvgIpc) is 3.58. The molecule has 0 aliphatic carbocycles. The number of hydrogen-bond donors (Lipinski definition) is 2. The van der Waals surface area contributed by atoms with Gasteiger partial charge in [-0.1, -0.05) is 43.8 Å². The number of carbonyl (C=O) groups is 1. The smallest absolute Gasteiger partial charge is 0.329 e. The molecular formula is C19H28O7. The van der Waals surface area contributed by atoms with Gasteiger partial charge < -0.3 is 29.2 Å². The average molecular weight is 368 g/mol. The number of epoxide rings is 2. The number of ether oxygens (including phenoxy) is 4. The van der Waals surface area contributed by atoms with E-state index in [2.05, 4.69) is 11.3 Å². The predicted octanol–water partition coefficient (Wildman–Crippen LogP) is 1.38. The molecule has 146 valence electrons. The van der Waals surface area contributed by atoms with Crippen LogP contribution in [0.4, 0.5) is 0 Å². The summed E-state index contributed by atoms with van der Waals surface area (Å²) in [5, 5.41) is 18.7. The van der Waals surface area contributed by atoms with Crippen LogP contribution in [0.15, 0.2) is 43.0 Å². The summed E-state index contributed by atoms with van der Waals surface area (Å²) in [6, 6.07) is 8.81. The van der Waals surface area contributed by atoms with Crippen LogP contribution in [-0.2, 0) is 29.5 Å². The highest BCUT2D eigenvalue weighted by molar-refractivity contribution is 5.80. The van der Waals surface area contributed by atoms with Crippen LogP contribution >= 0.6 is 0 Å². The van der Waals surface area contributed by atoms with E-state index in [1.165, 1.54) is 7.11 Å². The second-order valence-electron chi connectivity index (χ2n) is 5.71. The lowest BCUT2D eigenvalue weighted by Gasteiger charge is -2.19. The van der Waals surface area contributed by atoms with Crippen molar-refractivity contribution in [2.45, 2.75) is 31.3 Å². The van der Waals surface area contributed by atoms with Crippen LogP contribution in [0, 0.1) is 0 Å². The molecule has 3 rings (SSSR count). The molecule has 2 saturated heterocycles. The molecule has 7 nitrogen and oxygen atoms in total. The third kappa shape index (κ3) is 10.3. The second kappa shape index (κ2) is 11.8. The van der Waals surface area contributed by atoms with Gasteiger partial charge in [-0.25, -0.2) is 4.79 Å². The van der Waals surface area contributed by atoms with Crippen molar-refractivity contribution in [3.8, 4) is 0 Å². The largest absolute Gasteiger partial charge is 0.466 e. The molecule has 2 N–H and O–H groups in total. The third-order valence-electron chi connectivity index (χ3n) is 3.51. The zero-order valence-electron chi connectivity index (χ0n) is 15.3. The van der Waals surface area contributed by atoms with Crippen molar-refractivity contribution in [3.63, 3.8) is 0 Å². The summed E-state index contributed by atoms with van der Waals surface area (Å²) in [5.74, 6) is -2.06. The number of rotatable bonds is 7. The van der Waals surface area contributed by atoms with Gasteiger partial charge in [0.15, 0.2) is 5.79 Å². The summed E-state index contributed by atoms with van der Waals surface area (Å²) >= 11 is 0. The zero-order chi connectivity index (χ0) is 19.4. The maximum atomic E-state index is 9.84. The molecule has 7 heteroatoms. The van der Waals surface area contributed by atoms with E-state index in [0.29, 0.717) is 24.2 Å². The summed E-state index contributed by atoms with van der Waals surface area (Å²) < 4.78 is 19.3.